The fourth-order valence-electron chi connectivity index (χ4n) is 2.22. The zero-order chi connectivity index (χ0) is 14.5. The van der Waals surface area contributed by atoms with Crippen LogP contribution in [0.2, 0.25) is 0 Å². The van der Waals surface area contributed by atoms with Crippen molar-refractivity contribution in [3.8, 4) is 0 Å². The summed E-state index contributed by atoms with van der Waals surface area (Å²) in [4.78, 5) is 16.5. The molecule has 0 aliphatic heterocycles. The van der Waals surface area contributed by atoms with Crippen LogP contribution in [0.5, 0.6) is 0 Å². The molecule has 4 nitrogen and oxygen atoms in total. The third kappa shape index (κ3) is 5.28. The van der Waals surface area contributed by atoms with Gasteiger partial charge in [-0.1, -0.05) is 20.8 Å². The zero-order valence-electron chi connectivity index (χ0n) is 12.3. The van der Waals surface area contributed by atoms with E-state index in [1.54, 1.807) is 11.3 Å². The molecule has 1 rings (SSSR count). The summed E-state index contributed by atoms with van der Waals surface area (Å²) in [5, 5.41) is 6.09. The summed E-state index contributed by atoms with van der Waals surface area (Å²) in [5.41, 5.74) is 6.32. The van der Waals surface area contributed by atoms with Gasteiger partial charge < -0.3 is 11.1 Å². The highest BCUT2D eigenvalue weighted by atomic mass is 32.1. The van der Waals surface area contributed by atoms with Gasteiger partial charge in [-0.15, -0.1) is 11.3 Å². The number of aromatic nitrogens is 1. The van der Waals surface area contributed by atoms with Crippen molar-refractivity contribution in [2.75, 3.05) is 6.54 Å². The van der Waals surface area contributed by atoms with Crippen molar-refractivity contribution in [3.63, 3.8) is 0 Å². The Labute approximate surface area is 119 Å². The zero-order valence-corrected chi connectivity index (χ0v) is 13.1. The smallest absolute Gasteiger partial charge is 0.226 e. The van der Waals surface area contributed by atoms with Crippen LogP contribution in [-0.4, -0.2) is 23.0 Å². The van der Waals surface area contributed by atoms with Gasteiger partial charge in [0.15, 0.2) is 0 Å². The highest BCUT2D eigenvalue weighted by molar-refractivity contribution is 7.09. The molecule has 108 valence electrons. The molecule has 0 saturated carbocycles. The maximum Gasteiger partial charge on any atom is 0.226 e. The first-order valence-corrected chi connectivity index (χ1v) is 7.71. The Morgan fingerprint density at radius 3 is 2.74 bits per heavy atom. The van der Waals surface area contributed by atoms with Gasteiger partial charge in [0.1, 0.15) is 0 Å². The van der Waals surface area contributed by atoms with Crippen LogP contribution in [0.4, 0.5) is 0 Å². The monoisotopic (exact) mass is 283 g/mol. The second-order valence-electron chi connectivity index (χ2n) is 5.67. The van der Waals surface area contributed by atoms with Crippen LogP contribution in [0, 0.1) is 5.92 Å². The van der Waals surface area contributed by atoms with E-state index in [1.807, 2.05) is 12.3 Å². The lowest BCUT2D eigenvalue weighted by atomic mass is 9.90. The SMILES string of the molecule is CCc1nc(CC(=O)NC(C)(CN)CC(C)C)cs1. The predicted molar refractivity (Wildman–Crippen MR) is 80.3 cm³/mol. The topological polar surface area (TPSA) is 68.0 Å². The second-order valence-corrected chi connectivity index (χ2v) is 6.62. The van der Waals surface area contributed by atoms with Gasteiger partial charge in [-0.05, 0) is 25.7 Å². The standard InChI is InChI=1S/C14H25N3OS/c1-5-13-16-11(8-19-13)6-12(18)17-14(4,9-15)7-10(2)3/h8,10H,5-7,9,15H2,1-4H3,(H,17,18). The Morgan fingerprint density at radius 2 is 2.26 bits per heavy atom. The summed E-state index contributed by atoms with van der Waals surface area (Å²) in [5.74, 6) is 0.501. The van der Waals surface area contributed by atoms with E-state index in [0.717, 1.165) is 23.5 Å². The highest BCUT2D eigenvalue weighted by Crippen LogP contribution is 2.16. The molecule has 1 aromatic heterocycles. The Bertz CT molecular complexity index is 417. The Hall–Kier alpha value is -0.940. The van der Waals surface area contributed by atoms with Gasteiger partial charge >= 0.3 is 0 Å². The molecule has 1 aromatic rings. The van der Waals surface area contributed by atoms with Crippen molar-refractivity contribution in [2.24, 2.45) is 11.7 Å². The Kier molecular flexibility index (Phi) is 5.94. The van der Waals surface area contributed by atoms with Crippen molar-refractivity contribution in [2.45, 2.75) is 52.5 Å². The lowest BCUT2D eigenvalue weighted by Crippen LogP contribution is -2.52. The van der Waals surface area contributed by atoms with Crippen molar-refractivity contribution < 1.29 is 4.79 Å². The van der Waals surface area contributed by atoms with Gasteiger partial charge in [0, 0.05) is 17.5 Å². The van der Waals surface area contributed by atoms with Gasteiger partial charge in [-0.3, -0.25) is 4.79 Å². The number of nitrogens with zero attached hydrogens (tertiary/aromatic N) is 1. The predicted octanol–water partition coefficient (Wildman–Crippen LogP) is 2.13. The molecule has 0 aliphatic carbocycles. The fourth-order valence-corrected chi connectivity index (χ4v) is 2.97. The second kappa shape index (κ2) is 7.01. The molecule has 0 fully saturated rings. The van der Waals surface area contributed by atoms with E-state index < -0.39 is 0 Å². The van der Waals surface area contributed by atoms with E-state index in [2.05, 4.69) is 31.1 Å². The molecule has 0 saturated heterocycles. The van der Waals surface area contributed by atoms with E-state index >= 15 is 0 Å². The average molecular weight is 283 g/mol. The molecule has 3 N–H and O–H groups in total. The maximum absolute atomic E-state index is 12.1. The minimum Gasteiger partial charge on any atom is -0.349 e. The first kappa shape index (κ1) is 16.1. The largest absolute Gasteiger partial charge is 0.349 e. The number of aryl methyl sites for hydroxylation is 1. The fraction of sp³-hybridized carbons (Fsp3) is 0.714. The molecule has 0 aliphatic rings. The summed E-state index contributed by atoms with van der Waals surface area (Å²) < 4.78 is 0. The first-order valence-electron chi connectivity index (χ1n) is 6.83. The normalized spacial score (nSPS) is 14.4. The lowest BCUT2D eigenvalue weighted by molar-refractivity contribution is -0.122. The van der Waals surface area contributed by atoms with Gasteiger partial charge in [0.05, 0.1) is 17.1 Å². The van der Waals surface area contributed by atoms with Gasteiger partial charge in [0.25, 0.3) is 0 Å². The van der Waals surface area contributed by atoms with Crippen molar-refractivity contribution in [1.82, 2.24) is 10.3 Å². The molecule has 5 heteroatoms. The highest BCUT2D eigenvalue weighted by Gasteiger charge is 2.25. The molecular weight excluding hydrogens is 258 g/mol. The summed E-state index contributed by atoms with van der Waals surface area (Å²) in [6.07, 6.45) is 2.14. The third-order valence-corrected chi connectivity index (χ3v) is 4.04. The van der Waals surface area contributed by atoms with Crippen LogP contribution >= 0.6 is 11.3 Å². The van der Waals surface area contributed by atoms with Crippen LogP contribution in [0.25, 0.3) is 0 Å². The minimum absolute atomic E-state index is 0.00144. The van der Waals surface area contributed by atoms with Crippen LogP contribution < -0.4 is 11.1 Å². The molecule has 1 atom stereocenters. The third-order valence-electron chi connectivity index (χ3n) is 2.99. The van der Waals surface area contributed by atoms with Crippen molar-refractivity contribution >= 4 is 17.2 Å². The Balaban J connectivity index is 2.57. The number of rotatable bonds is 7. The average Bonchev–Trinajstić information content (AvgIpc) is 2.75. The maximum atomic E-state index is 12.1. The van der Waals surface area contributed by atoms with Gasteiger partial charge in [-0.25, -0.2) is 4.98 Å². The van der Waals surface area contributed by atoms with E-state index in [9.17, 15) is 4.79 Å². The molecular formula is C14H25N3OS. The number of nitrogens with two attached hydrogens (primary N) is 1. The Morgan fingerprint density at radius 1 is 1.58 bits per heavy atom. The molecule has 19 heavy (non-hydrogen) atoms. The summed E-state index contributed by atoms with van der Waals surface area (Å²) >= 11 is 1.61. The van der Waals surface area contributed by atoms with Gasteiger partial charge in [-0.2, -0.15) is 0 Å². The number of carbonyl (C=O) groups is 1. The number of carbonyl (C=O) groups excluding carboxylic acids is 1. The molecule has 1 heterocycles. The van der Waals surface area contributed by atoms with Crippen LogP contribution in [0.1, 0.15) is 44.8 Å². The molecule has 0 aromatic carbocycles. The summed E-state index contributed by atoms with van der Waals surface area (Å²) in [7, 11) is 0. The molecule has 0 spiro atoms. The van der Waals surface area contributed by atoms with E-state index in [1.165, 1.54) is 0 Å². The molecule has 0 radical (unpaired) electrons. The van der Waals surface area contributed by atoms with Crippen LogP contribution in [-0.2, 0) is 17.6 Å². The number of hydrogen-bond acceptors (Lipinski definition) is 4. The van der Waals surface area contributed by atoms with E-state index in [-0.39, 0.29) is 11.4 Å². The van der Waals surface area contributed by atoms with Crippen molar-refractivity contribution in [1.29, 1.82) is 0 Å². The van der Waals surface area contributed by atoms with Crippen LogP contribution in [0.15, 0.2) is 5.38 Å². The number of hydrogen-bond donors (Lipinski definition) is 2. The van der Waals surface area contributed by atoms with E-state index in [4.69, 9.17) is 5.73 Å². The number of thiazole rings is 1. The minimum atomic E-state index is -0.325. The quantitative estimate of drug-likeness (QED) is 0.805. The molecule has 0 bridgehead atoms. The molecule has 1 amide bonds. The number of nitrogens with one attached hydrogen (secondary N) is 1. The van der Waals surface area contributed by atoms with E-state index in [0.29, 0.717) is 18.9 Å². The lowest BCUT2D eigenvalue weighted by Gasteiger charge is -2.31. The number of amides is 1. The summed E-state index contributed by atoms with van der Waals surface area (Å²) in [6, 6.07) is 0. The first-order chi connectivity index (χ1) is 8.88. The van der Waals surface area contributed by atoms with Crippen LogP contribution in [0.3, 0.4) is 0 Å². The van der Waals surface area contributed by atoms with Gasteiger partial charge in [0.2, 0.25) is 5.91 Å². The summed E-state index contributed by atoms with van der Waals surface area (Å²) in [6.45, 7) is 8.79. The van der Waals surface area contributed by atoms with Crippen molar-refractivity contribution in [3.05, 3.63) is 16.1 Å². The molecule has 1 unspecified atom stereocenters.